The summed E-state index contributed by atoms with van der Waals surface area (Å²) in [4.78, 5) is 14.9. The maximum atomic E-state index is 12.5. The number of likely N-dealkylation sites (tertiary alicyclic amines) is 1. The van der Waals surface area contributed by atoms with Crippen LogP contribution in [0.25, 0.3) is 0 Å². The van der Waals surface area contributed by atoms with Crippen LogP contribution in [0.5, 0.6) is 0 Å². The van der Waals surface area contributed by atoms with E-state index in [4.69, 9.17) is 4.42 Å². The first kappa shape index (κ1) is 17.7. The summed E-state index contributed by atoms with van der Waals surface area (Å²) in [5.74, 6) is 1.38. The second-order valence-corrected chi connectivity index (χ2v) is 7.11. The van der Waals surface area contributed by atoms with Crippen molar-refractivity contribution in [3.05, 3.63) is 59.5 Å². The highest BCUT2D eigenvalue weighted by molar-refractivity contribution is 5.94. The fourth-order valence-electron chi connectivity index (χ4n) is 3.43. The predicted molar refractivity (Wildman–Crippen MR) is 99.7 cm³/mol. The Bertz CT molecular complexity index is 656. The fourth-order valence-corrected chi connectivity index (χ4v) is 3.43. The van der Waals surface area contributed by atoms with E-state index in [-0.39, 0.29) is 11.9 Å². The molecule has 1 aromatic carbocycles. The molecule has 134 valence electrons. The number of piperidine rings is 1. The first-order valence-electron chi connectivity index (χ1n) is 9.31. The molecule has 0 aliphatic carbocycles. The van der Waals surface area contributed by atoms with Crippen molar-refractivity contribution in [1.29, 1.82) is 0 Å². The molecule has 3 rings (SSSR count). The average Bonchev–Trinajstić information content (AvgIpc) is 3.17. The van der Waals surface area contributed by atoms with Gasteiger partial charge in [-0.05, 0) is 61.7 Å². The van der Waals surface area contributed by atoms with E-state index >= 15 is 0 Å². The minimum atomic E-state index is -0.0242. The molecule has 25 heavy (non-hydrogen) atoms. The normalized spacial score (nSPS) is 16.8. The van der Waals surface area contributed by atoms with Gasteiger partial charge < -0.3 is 9.73 Å². The number of hydrogen-bond acceptors (Lipinski definition) is 3. The number of carbonyl (C=O) groups is 1. The van der Waals surface area contributed by atoms with E-state index < -0.39 is 0 Å². The van der Waals surface area contributed by atoms with E-state index in [9.17, 15) is 4.79 Å². The lowest BCUT2D eigenvalue weighted by Gasteiger charge is -2.33. The van der Waals surface area contributed by atoms with Gasteiger partial charge in [0.2, 0.25) is 0 Å². The third-order valence-electron chi connectivity index (χ3n) is 5.00. The zero-order valence-electron chi connectivity index (χ0n) is 15.2. The largest absolute Gasteiger partial charge is 0.468 e. The third kappa shape index (κ3) is 4.51. The molecule has 1 N–H and O–H groups in total. The molecule has 1 unspecified atom stereocenters. The number of amides is 1. The van der Waals surface area contributed by atoms with Crippen LogP contribution in [0.15, 0.2) is 47.1 Å². The van der Waals surface area contributed by atoms with Crippen molar-refractivity contribution in [1.82, 2.24) is 10.2 Å². The van der Waals surface area contributed by atoms with Gasteiger partial charge in [-0.1, -0.05) is 32.4 Å². The van der Waals surface area contributed by atoms with Gasteiger partial charge in [-0.2, -0.15) is 0 Å². The Morgan fingerprint density at radius 3 is 2.44 bits per heavy atom. The van der Waals surface area contributed by atoms with Crippen molar-refractivity contribution in [2.24, 2.45) is 0 Å². The van der Waals surface area contributed by atoms with Crippen molar-refractivity contribution >= 4 is 5.91 Å². The van der Waals surface area contributed by atoms with E-state index in [1.807, 2.05) is 36.4 Å². The smallest absolute Gasteiger partial charge is 0.251 e. The topological polar surface area (TPSA) is 45.5 Å². The van der Waals surface area contributed by atoms with Gasteiger partial charge in [0.1, 0.15) is 5.76 Å². The molecular weight excluding hydrogens is 312 g/mol. The number of nitrogens with one attached hydrogen (secondary N) is 1. The van der Waals surface area contributed by atoms with Gasteiger partial charge in [-0.25, -0.2) is 0 Å². The third-order valence-corrected chi connectivity index (χ3v) is 5.00. The minimum Gasteiger partial charge on any atom is -0.468 e. The van der Waals surface area contributed by atoms with Crippen LogP contribution in [0.4, 0.5) is 0 Å². The number of nitrogens with zero attached hydrogens (tertiary/aromatic N) is 1. The highest BCUT2D eigenvalue weighted by Crippen LogP contribution is 2.24. The molecule has 4 heteroatoms. The van der Waals surface area contributed by atoms with Gasteiger partial charge in [0.15, 0.2) is 0 Å². The van der Waals surface area contributed by atoms with Gasteiger partial charge >= 0.3 is 0 Å². The highest BCUT2D eigenvalue weighted by Gasteiger charge is 2.25. The Kier molecular flexibility index (Phi) is 5.92. The number of furan rings is 1. The van der Waals surface area contributed by atoms with Crippen molar-refractivity contribution < 1.29 is 9.21 Å². The van der Waals surface area contributed by atoms with Crippen LogP contribution in [0.1, 0.15) is 66.8 Å². The molecule has 0 bridgehead atoms. The van der Waals surface area contributed by atoms with Crippen LogP contribution >= 0.6 is 0 Å². The molecule has 1 aliphatic rings. The lowest BCUT2D eigenvalue weighted by molar-refractivity contribution is 0.0914. The first-order chi connectivity index (χ1) is 12.1. The van der Waals surface area contributed by atoms with Crippen molar-refractivity contribution in [3.8, 4) is 0 Å². The Morgan fingerprint density at radius 2 is 1.84 bits per heavy atom. The van der Waals surface area contributed by atoms with Crippen LogP contribution in [0, 0.1) is 0 Å². The molecule has 2 aromatic rings. The van der Waals surface area contributed by atoms with E-state index in [1.165, 1.54) is 24.8 Å². The van der Waals surface area contributed by atoms with Gasteiger partial charge in [0.25, 0.3) is 5.91 Å². The van der Waals surface area contributed by atoms with Gasteiger partial charge in [0, 0.05) is 12.1 Å². The molecule has 2 heterocycles. The fraction of sp³-hybridized carbons (Fsp3) is 0.476. The zero-order valence-corrected chi connectivity index (χ0v) is 15.2. The highest BCUT2D eigenvalue weighted by atomic mass is 16.3. The maximum absolute atomic E-state index is 12.5. The average molecular weight is 340 g/mol. The summed E-state index contributed by atoms with van der Waals surface area (Å²) in [5, 5.41) is 3.09. The lowest BCUT2D eigenvalue weighted by Crippen LogP contribution is -2.40. The van der Waals surface area contributed by atoms with E-state index in [0.717, 1.165) is 18.8 Å². The lowest BCUT2D eigenvalue weighted by atomic mass is 10.0. The summed E-state index contributed by atoms with van der Waals surface area (Å²) in [6.07, 6.45) is 5.41. The van der Waals surface area contributed by atoms with Crippen LogP contribution in [0.3, 0.4) is 0 Å². The molecule has 1 aromatic heterocycles. The Hall–Kier alpha value is -2.07. The summed E-state index contributed by atoms with van der Waals surface area (Å²) < 4.78 is 5.64. The summed E-state index contributed by atoms with van der Waals surface area (Å²) in [7, 11) is 0. The van der Waals surface area contributed by atoms with Gasteiger partial charge in [-0.3, -0.25) is 9.69 Å². The molecule has 1 atom stereocenters. The quantitative estimate of drug-likeness (QED) is 0.850. The molecule has 4 nitrogen and oxygen atoms in total. The van der Waals surface area contributed by atoms with Gasteiger partial charge in [0.05, 0.1) is 12.3 Å². The first-order valence-corrected chi connectivity index (χ1v) is 9.31. The molecule has 1 fully saturated rings. The predicted octanol–water partition coefficient (Wildman–Crippen LogP) is 4.36. The summed E-state index contributed by atoms with van der Waals surface area (Å²) in [6, 6.07) is 11.9. The minimum absolute atomic E-state index is 0.0242. The van der Waals surface area contributed by atoms with Crippen LogP contribution in [-0.4, -0.2) is 30.4 Å². The summed E-state index contributed by atoms with van der Waals surface area (Å²) in [5.41, 5.74) is 1.96. The van der Waals surface area contributed by atoms with Crippen molar-refractivity contribution in [3.63, 3.8) is 0 Å². The van der Waals surface area contributed by atoms with E-state index in [1.54, 1.807) is 6.26 Å². The maximum Gasteiger partial charge on any atom is 0.251 e. The second kappa shape index (κ2) is 8.34. The number of benzene rings is 1. The molecule has 1 aliphatic heterocycles. The number of carbonyl (C=O) groups excluding carboxylic acids is 1. The van der Waals surface area contributed by atoms with Crippen molar-refractivity contribution in [2.45, 2.75) is 45.1 Å². The zero-order chi connectivity index (χ0) is 17.6. The van der Waals surface area contributed by atoms with E-state index in [2.05, 4.69) is 24.1 Å². The SMILES string of the molecule is CC(C)c1ccc(C(=O)NCC(c2ccco2)N2CCCCC2)cc1. The molecule has 1 saturated heterocycles. The van der Waals surface area contributed by atoms with Crippen LogP contribution in [0.2, 0.25) is 0 Å². The van der Waals surface area contributed by atoms with Gasteiger partial charge in [-0.15, -0.1) is 0 Å². The second-order valence-electron chi connectivity index (χ2n) is 7.11. The molecule has 0 radical (unpaired) electrons. The Balaban J connectivity index is 1.64. The molecule has 0 saturated carbocycles. The Labute approximate surface area is 150 Å². The van der Waals surface area contributed by atoms with Crippen LogP contribution in [-0.2, 0) is 0 Å². The van der Waals surface area contributed by atoms with E-state index in [0.29, 0.717) is 18.0 Å². The molecular formula is C21H28N2O2. The van der Waals surface area contributed by atoms with Crippen molar-refractivity contribution in [2.75, 3.05) is 19.6 Å². The molecule has 1 amide bonds. The summed E-state index contributed by atoms with van der Waals surface area (Å²) >= 11 is 0. The van der Waals surface area contributed by atoms with Crippen LogP contribution < -0.4 is 5.32 Å². The summed E-state index contributed by atoms with van der Waals surface area (Å²) in [6.45, 7) is 7.00. The standard InChI is InChI=1S/C21H28N2O2/c1-16(2)17-8-10-18(11-9-17)21(24)22-15-19(20-7-6-14-25-20)23-12-4-3-5-13-23/h6-11,14,16,19H,3-5,12-13,15H2,1-2H3,(H,22,24). The molecule has 0 spiro atoms. The monoisotopic (exact) mass is 340 g/mol. The number of rotatable bonds is 6. The number of hydrogen-bond donors (Lipinski definition) is 1. The Morgan fingerprint density at radius 1 is 1.12 bits per heavy atom.